The fourth-order valence-corrected chi connectivity index (χ4v) is 1.80. The van der Waals surface area contributed by atoms with E-state index in [1.54, 1.807) is 13.8 Å². The maximum absolute atomic E-state index is 11.7. The monoisotopic (exact) mass is 228 g/mol. The molecule has 0 unspecified atom stereocenters. The molecule has 0 saturated carbocycles. The van der Waals surface area contributed by atoms with E-state index in [0.717, 1.165) is 5.41 Å². The van der Waals surface area contributed by atoms with Crippen molar-refractivity contribution in [2.75, 3.05) is 0 Å². The minimum atomic E-state index is -3.77. The summed E-state index contributed by atoms with van der Waals surface area (Å²) >= 11 is 0. The van der Waals surface area contributed by atoms with E-state index < -0.39 is 20.4 Å². The molecule has 82 valence electrons. The zero-order valence-corrected chi connectivity index (χ0v) is 9.36. The Morgan fingerprint density at radius 2 is 2.13 bits per heavy atom. The summed E-state index contributed by atoms with van der Waals surface area (Å²) in [6.07, 6.45) is 2.74. The fourth-order valence-electron chi connectivity index (χ4n) is 1.09. The highest BCUT2D eigenvalue weighted by atomic mass is 32.2. The lowest BCUT2D eigenvalue weighted by atomic mass is 10.4. The van der Waals surface area contributed by atoms with Crippen molar-refractivity contribution in [2.45, 2.75) is 24.9 Å². The molecule has 6 heteroatoms. The fraction of sp³-hybridized carbons (Fsp3) is 0.333. The lowest BCUT2D eigenvalue weighted by molar-refractivity contribution is 0.551. The van der Waals surface area contributed by atoms with Crippen molar-refractivity contribution in [3.8, 4) is 0 Å². The van der Waals surface area contributed by atoms with Crippen LogP contribution in [0, 0.1) is 0 Å². The van der Waals surface area contributed by atoms with Crippen LogP contribution in [-0.2, 0) is 9.84 Å². The number of nitrogens with zero attached hydrogens (tertiary/aromatic N) is 2. The Balaban J connectivity index is 3.55. The SMILES string of the molecule is C=CS(=O)(=O)c1nccn(C(C)C)c1=O. The third-order valence-corrected chi connectivity index (χ3v) is 3.14. The lowest BCUT2D eigenvalue weighted by Gasteiger charge is -2.09. The summed E-state index contributed by atoms with van der Waals surface area (Å²) in [6.45, 7) is 6.72. The van der Waals surface area contributed by atoms with E-state index in [4.69, 9.17) is 0 Å². The predicted molar refractivity (Wildman–Crippen MR) is 56.3 cm³/mol. The van der Waals surface area contributed by atoms with Crippen LogP contribution in [0.5, 0.6) is 0 Å². The van der Waals surface area contributed by atoms with Gasteiger partial charge in [0, 0.05) is 23.8 Å². The summed E-state index contributed by atoms with van der Waals surface area (Å²) in [4.78, 5) is 15.3. The standard InChI is InChI=1S/C9H12N2O3S/c1-4-15(13,14)8-9(12)11(7(2)3)6-5-10-8/h4-7H,1H2,2-3H3. The van der Waals surface area contributed by atoms with E-state index >= 15 is 0 Å². The normalized spacial score (nSPS) is 11.7. The van der Waals surface area contributed by atoms with Crippen molar-refractivity contribution < 1.29 is 8.42 Å². The van der Waals surface area contributed by atoms with Gasteiger partial charge in [-0.25, -0.2) is 13.4 Å². The molecule has 0 bridgehead atoms. The van der Waals surface area contributed by atoms with Crippen LogP contribution >= 0.6 is 0 Å². The van der Waals surface area contributed by atoms with Crippen LogP contribution in [0.4, 0.5) is 0 Å². The molecule has 1 heterocycles. The number of aromatic nitrogens is 2. The summed E-state index contributed by atoms with van der Waals surface area (Å²) in [5.74, 6) is 0. The van der Waals surface area contributed by atoms with Crippen molar-refractivity contribution in [1.29, 1.82) is 0 Å². The van der Waals surface area contributed by atoms with Crippen molar-refractivity contribution in [2.24, 2.45) is 0 Å². The first-order valence-corrected chi connectivity index (χ1v) is 5.89. The van der Waals surface area contributed by atoms with Crippen LogP contribution in [0.25, 0.3) is 0 Å². The second kappa shape index (κ2) is 3.98. The molecule has 0 saturated heterocycles. The van der Waals surface area contributed by atoms with Crippen molar-refractivity contribution in [1.82, 2.24) is 9.55 Å². The van der Waals surface area contributed by atoms with E-state index in [0.29, 0.717) is 0 Å². The molecule has 1 aromatic heterocycles. The molecule has 0 aliphatic carbocycles. The third-order valence-electron chi connectivity index (χ3n) is 1.88. The van der Waals surface area contributed by atoms with Gasteiger partial charge >= 0.3 is 0 Å². The molecule has 0 amide bonds. The van der Waals surface area contributed by atoms with Crippen molar-refractivity contribution in [3.63, 3.8) is 0 Å². The summed E-state index contributed by atoms with van der Waals surface area (Å²) in [6, 6.07) is -0.112. The summed E-state index contributed by atoms with van der Waals surface area (Å²) in [5, 5.41) is 0.246. The topological polar surface area (TPSA) is 69.0 Å². The van der Waals surface area contributed by atoms with Gasteiger partial charge < -0.3 is 4.57 Å². The van der Waals surface area contributed by atoms with Gasteiger partial charge in [0.15, 0.2) is 0 Å². The first-order valence-electron chi connectivity index (χ1n) is 4.35. The maximum atomic E-state index is 11.7. The average molecular weight is 228 g/mol. The van der Waals surface area contributed by atoms with E-state index in [1.165, 1.54) is 17.0 Å². The summed E-state index contributed by atoms with van der Waals surface area (Å²) < 4.78 is 24.1. The van der Waals surface area contributed by atoms with Crippen LogP contribution in [0.3, 0.4) is 0 Å². The maximum Gasteiger partial charge on any atom is 0.288 e. The van der Waals surface area contributed by atoms with Gasteiger partial charge in [-0.15, -0.1) is 0 Å². The molecule has 1 rings (SSSR count). The van der Waals surface area contributed by atoms with Crippen LogP contribution in [0.1, 0.15) is 19.9 Å². The molecule has 1 aromatic rings. The van der Waals surface area contributed by atoms with Gasteiger partial charge in [-0.3, -0.25) is 4.79 Å². The number of hydrogen-bond donors (Lipinski definition) is 0. The zero-order valence-electron chi connectivity index (χ0n) is 8.54. The molecule has 5 nitrogen and oxygen atoms in total. The number of hydrogen-bond acceptors (Lipinski definition) is 4. The van der Waals surface area contributed by atoms with Crippen molar-refractivity contribution >= 4 is 9.84 Å². The molecule has 15 heavy (non-hydrogen) atoms. The summed E-state index contributed by atoms with van der Waals surface area (Å²) in [7, 11) is -3.77. The van der Waals surface area contributed by atoms with Crippen molar-refractivity contribution in [3.05, 3.63) is 34.7 Å². The van der Waals surface area contributed by atoms with E-state index in [9.17, 15) is 13.2 Å². The highest BCUT2D eigenvalue weighted by Crippen LogP contribution is 2.04. The Hall–Kier alpha value is -1.43. The predicted octanol–water partition coefficient (Wildman–Crippen LogP) is 0.741. The van der Waals surface area contributed by atoms with Crippen LogP contribution in [-0.4, -0.2) is 18.0 Å². The smallest absolute Gasteiger partial charge is 0.288 e. The first kappa shape index (κ1) is 11.6. The van der Waals surface area contributed by atoms with E-state index in [1.807, 2.05) is 0 Å². The molecule has 0 aromatic carbocycles. The van der Waals surface area contributed by atoms with E-state index in [2.05, 4.69) is 11.6 Å². The largest absolute Gasteiger partial charge is 0.309 e. The summed E-state index contributed by atoms with van der Waals surface area (Å²) in [5.41, 5.74) is -0.618. The Morgan fingerprint density at radius 3 is 2.60 bits per heavy atom. The molecule has 0 radical (unpaired) electrons. The highest BCUT2D eigenvalue weighted by Gasteiger charge is 2.18. The number of sulfone groups is 1. The molecule has 0 fully saturated rings. The van der Waals surface area contributed by atoms with Crippen LogP contribution < -0.4 is 5.56 Å². The van der Waals surface area contributed by atoms with Gasteiger partial charge in [0.25, 0.3) is 5.56 Å². The zero-order chi connectivity index (χ0) is 11.6. The Bertz CT molecular complexity index is 529. The van der Waals surface area contributed by atoms with Gasteiger partial charge in [0.2, 0.25) is 14.9 Å². The van der Waals surface area contributed by atoms with Gasteiger partial charge in [-0.2, -0.15) is 0 Å². The second-order valence-electron chi connectivity index (χ2n) is 3.25. The van der Waals surface area contributed by atoms with Crippen LogP contribution in [0.15, 0.2) is 34.2 Å². The molecule has 0 N–H and O–H groups in total. The van der Waals surface area contributed by atoms with Gasteiger partial charge in [0.05, 0.1) is 0 Å². The minimum absolute atomic E-state index is 0.112. The van der Waals surface area contributed by atoms with Gasteiger partial charge in [-0.1, -0.05) is 6.58 Å². The van der Waals surface area contributed by atoms with Crippen LogP contribution in [0.2, 0.25) is 0 Å². The first-order chi connectivity index (χ1) is 6.90. The van der Waals surface area contributed by atoms with E-state index in [-0.39, 0.29) is 6.04 Å². The van der Waals surface area contributed by atoms with Gasteiger partial charge in [-0.05, 0) is 13.8 Å². The minimum Gasteiger partial charge on any atom is -0.309 e. The Morgan fingerprint density at radius 1 is 1.53 bits per heavy atom. The molecule has 0 atom stereocenters. The number of rotatable bonds is 3. The molecular weight excluding hydrogens is 216 g/mol. The Kier molecular flexibility index (Phi) is 3.09. The molecular formula is C9H12N2O3S. The second-order valence-corrected chi connectivity index (χ2v) is 5.06. The Labute approximate surface area is 88.0 Å². The quantitative estimate of drug-likeness (QED) is 0.765. The highest BCUT2D eigenvalue weighted by molar-refractivity contribution is 7.94. The lowest BCUT2D eigenvalue weighted by Crippen LogP contribution is -2.27. The molecule has 0 spiro atoms. The van der Waals surface area contributed by atoms with Gasteiger partial charge in [0.1, 0.15) is 0 Å². The average Bonchev–Trinajstić information content (AvgIpc) is 2.17. The molecule has 0 aliphatic heterocycles. The third kappa shape index (κ3) is 2.15. The molecule has 0 aliphatic rings.